The molecule has 0 aliphatic heterocycles. The Balaban J connectivity index is 2.00. The van der Waals surface area contributed by atoms with E-state index in [1.165, 1.54) is 12.1 Å². The minimum atomic E-state index is -1.72. The van der Waals surface area contributed by atoms with Crippen molar-refractivity contribution >= 4 is 94.7 Å². The molecule has 3 aromatic rings. The quantitative estimate of drug-likeness (QED) is 0.0143. The van der Waals surface area contributed by atoms with Crippen molar-refractivity contribution in [3.8, 4) is 5.75 Å². The fourth-order valence-corrected chi connectivity index (χ4v) is 11.3. The number of benzene rings is 3. The highest BCUT2D eigenvalue weighted by atomic mass is 16.4. The average molecular weight is 1570 g/mol. The molecule has 0 radical (unpaired) electrons. The van der Waals surface area contributed by atoms with Crippen LogP contribution < -0.4 is 104 Å². The van der Waals surface area contributed by atoms with Gasteiger partial charge in [-0.05, 0) is 124 Å². The van der Waals surface area contributed by atoms with Crippen LogP contribution in [-0.4, -0.2) is 215 Å². The lowest BCUT2D eigenvalue weighted by Gasteiger charge is -2.30. The van der Waals surface area contributed by atoms with E-state index in [2.05, 4.69) is 73.8 Å². The molecule has 112 heavy (non-hydrogen) atoms. The molecule has 29 N–H and O–H groups in total. The number of aliphatic hydroxyl groups is 1. The number of nitrogens with zero attached hydrogens (tertiary/aromatic N) is 2. The molecule has 0 heterocycles. The van der Waals surface area contributed by atoms with Gasteiger partial charge >= 0.3 is 5.97 Å². The summed E-state index contributed by atoms with van der Waals surface area (Å²) in [7, 11) is 0. The van der Waals surface area contributed by atoms with Gasteiger partial charge in [-0.15, -0.1) is 0 Å². The number of primary amides is 1. The number of guanidine groups is 2. The standard InChI is InChI=1S/C74H115N21O17/c1-40(2)34-53(91-68(107)54(36-44-18-10-8-11-19-44)86-58(100)39-84-57(99)38-85-62(101)48(76)35-46-25-27-47(97)28-26-46)67(106)89-51(24-17-33-83-74(80)81)63(102)87-50(23-16-32-82-73(78)79)64(103)90-52(29-30-56(77)98)65(104)92-55(37-45-20-12-9-13-21-45)69(108)88-49(22-14-15-31-75)66(105)93-59(41(3)4)70(109)94-60(42(5)6)71(110)95-61(43(7)96)72(111)112/h8-13,18-21,25-28,40-43,48-55,59-61,96-97H,14-17,22-24,29-39,75-76H2,1-7H3,(H2,77,98)(H,84,99)(H,85,101)(H,86,100)(H,87,102)(H,88,108)(H,89,106)(H,90,103)(H,91,107)(H,92,104)(H,93,105)(H,94,109)(H,95,110)(H,111,112)(H4,78,79,82)(H4,80,81,83)/t43-,48-,49-,50-,51?,52+,53-,54-,55?,59+,60+,61+/m0/s1. The molecule has 0 saturated heterocycles. The minimum Gasteiger partial charge on any atom is -0.508 e. The van der Waals surface area contributed by atoms with Crippen LogP contribution in [0, 0.1) is 17.8 Å². The summed E-state index contributed by atoms with van der Waals surface area (Å²) in [5.41, 5.74) is 41.7. The van der Waals surface area contributed by atoms with Gasteiger partial charge in [0.15, 0.2) is 18.0 Å². The van der Waals surface area contributed by atoms with Crippen molar-refractivity contribution in [2.45, 2.75) is 205 Å². The first kappa shape index (κ1) is 94.7. The van der Waals surface area contributed by atoms with Crippen LogP contribution >= 0.6 is 0 Å². The van der Waals surface area contributed by atoms with Crippen LogP contribution in [0.25, 0.3) is 0 Å². The number of nitrogens with one attached hydrogen (secondary N) is 12. The van der Waals surface area contributed by atoms with Crippen molar-refractivity contribution in [2.75, 3.05) is 32.7 Å². The van der Waals surface area contributed by atoms with Crippen LogP contribution in [0.4, 0.5) is 0 Å². The number of nitrogens with two attached hydrogens (primary N) is 7. The molecule has 2 unspecified atom stereocenters. The molecule has 0 bridgehead atoms. The first-order valence-electron chi connectivity index (χ1n) is 37.1. The molecular formula is C74H115N21O17. The molecule has 38 nitrogen and oxygen atoms in total. The molecule has 12 atom stereocenters. The van der Waals surface area contributed by atoms with Gasteiger partial charge in [-0.1, -0.05) is 114 Å². The van der Waals surface area contributed by atoms with E-state index >= 15 is 0 Å². The van der Waals surface area contributed by atoms with E-state index in [4.69, 9.17) is 40.1 Å². The third-order valence-corrected chi connectivity index (χ3v) is 17.4. The maximum atomic E-state index is 14.9. The van der Waals surface area contributed by atoms with E-state index in [9.17, 15) is 82.4 Å². The Bertz CT molecular complexity index is 3650. The zero-order valence-electron chi connectivity index (χ0n) is 64.5. The molecular weight excluding hydrogens is 1450 g/mol. The second-order valence-corrected chi connectivity index (χ2v) is 28.2. The highest BCUT2D eigenvalue weighted by molar-refractivity contribution is 6.00. The van der Waals surface area contributed by atoms with Gasteiger partial charge in [-0.3, -0.25) is 72.3 Å². The number of phenolic OH excluding ortho intramolecular Hbond substituents is 1. The molecule has 0 fully saturated rings. The van der Waals surface area contributed by atoms with E-state index in [1.54, 1.807) is 114 Å². The Kier molecular flexibility index (Phi) is 41.9. The van der Waals surface area contributed by atoms with Gasteiger partial charge in [-0.2, -0.15) is 0 Å². The highest BCUT2D eigenvalue weighted by Crippen LogP contribution is 2.16. The van der Waals surface area contributed by atoms with Gasteiger partial charge in [0.2, 0.25) is 76.8 Å². The Morgan fingerprint density at radius 3 is 1.20 bits per heavy atom. The van der Waals surface area contributed by atoms with Crippen LogP contribution in [0.1, 0.15) is 129 Å². The number of rotatable bonds is 51. The van der Waals surface area contributed by atoms with Crippen LogP contribution in [0.5, 0.6) is 5.75 Å². The highest BCUT2D eigenvalue weighted by Gasteiger charge is 2.38. The smallest absolute Gasteiger partial charge is 0.328 e. The first-order chi connectivity index (χ1) is 52.9. The van der Waals surface area contributed by atoms with Crippen LogP contribution in [0.2, 0.25) is 0 Å². The van der Waals surface area contributed by atoms with Crippen molar-refractivity contribution in [1.29, 1.82) is 0 Å². The molecule has 0 aliphatic rings. The van der Waals surface area contributed by atoms with E-state index < -0.39 is 193 Å². The SMILES string of the molecule is CC(C)C[C@H](NC(=O)[C@H](Cc1ccccc1)NC(=O)CNC(=O)CNC(=O)[C@@H](N)Cc1ccc(O)cc1)C(=O)NC(CCCN=C(N)N)C(=O)N[C@@H](CCCN=C(N)N)C(=O)N[C@H](CCC(N)=O)C(=O)NC(Cc1ccccc1)C(=O)N[C@@H](CCCCN)C(=O)N[C@@H](C(=O)N[C@@H](C(=O)N[C@@H](C(=O)O)[C@H](C)O)C(C)C)C(C)C. The Hall–Kier alpha value is -11.5. The molecule has 3 aromatic carbocycles. The van der Waals surface area contributed by atoms with E-state index in [1.807, 2.05) is 0 Å². The van der Waals surface area contributed by atoms with Crippen molar-refractivity contribution in [2.24, 2.45) is 67.9 Å². The number of aliphatic hydroxyl groups excluding tert-OH is 1. The maximum absolute atomic E-state index is 14.9. The minimum absolute atomic E-state index is 0.0000726. The van der Waals surface area contributed by atoms with Crippen molar-refractivity contribution in [1.82, 2.24) is 63.8 Å². The summed E-state index contributed by atoms with van der Waals surface area (Å²) in [6.45, 7) is 9.84. The number of hydrogen-bond acceptors (Lipinski definition) is 20. The molecule has 0 aliphatic carbocycles. The number of aliphatic carboxylic acids is 1. The number of hydrogen-bond donors (Lipinski definition) is 22. The number of carboxylic acids is 1. The van der Waals surface area contributed by atoms with Gasteiger partial charge in [0.25, 0.3) is 0 Å². The van der Waals surface area contributed by atoms with E-state index in [-0.39, 0.29) is 107 Å². The zero-order chi connectivity index (χ0) is 83.7. The lowest BCUT2D eigenvalue weighted by Crippen LogP contribution is -2.62. The van der Waals surface area contributed by atoms with E-state index in [0.29, 0.717) is 23.1 Å². The summed E-state index contributed by atoms with van der Waals surface area (Å²) >= 11 is 0. The molecule has 618 valence electrons. The lowest BCUT2D eigenvalue weighted by atomic mass is 9.98. The Morgan fingerprint density at radius 2 is 0.777 bits per heavy atom. The third-order valence-electron chi connectivity index (χ3n) is 17.4. The van der Waals surface area contributed by atoms with Gasteiger partial charge < -0.3 is 119 Å². The van der Waals surface area contributed by atoms with Gasteiger partial charge in [0.1, 0.15) is 60.1 Å². The van der Waals surface area contributed by atoms with Crippen LogP contribution in [0.3, 0.4) is 0 Å². The second kappa shape index (κ2) is 49.6. The summed E-state index contributed by atoms with van der Waals surface area (Å²) in [6, 6.07) is 6.77. The Morgan fingerprint density at radius 1 is 0.402 bits per heavy atom. The average Bonchev–Trinajstić information content (AvgIpc) is 0.853. The summed E-state index contributed by atoms with van der Waals surface area (Å²) in [5.74, 6) is -15.3. The number of aromatic hydroxyl groups is 1. The number of amides is 13. The van der Waals surface area contributed by atoms with Gasteiger partial charge in [0.05, 0.1) is 25.2 Å². The predicted octanol–water partition coefficient (Wildman–Crippen LogP) is -4.85. The summed E-state index contributed by atoms with van der Waals surface area (Å²) in [4.78, 5) is 202. The normalized spacial score (nSPS) is 14.3. The monoisotopic (exact) mass is 1570 g/mol. The molecule has 38 heteroatoms. The number of carbonyl (C=O) groups excluding carboxylic acids is 13. The third kappa shape index (κ3) is 36.3. The molecule has 0 spiro atoms. The van der Waals surface area contributed by atoms with E-state index in [0.717, 1.165) is 6.92 Å². The lowest BCUT2D eigenvalue weighted by molar-refractivity contribution is -0.145. The second-order valence-electron chi connectivity index (χ2n) is 28.2. The number of carbonyl (C=O) groups is 14. The molecule has 13 amide bonds. The summed E-state index contributed by atoms with van der Waals surface area (Å²) in [6.07, 6.45) is -2.63. The fourth-order valence-electron chi connectivity index (χ4n) is 11.3. The number of aliphatic imine (C=N–C) groups is 2. The predicted molar refractivity (Wildman–Crippen MR) is 415 cm³/mol. The fraction of sp³-hybridized carbons (Fsp3) is 0.541. The van der Waals surface area contributed by atoms with Crippen molar-refractivity contribution in [3.05, 3.63) is 102 Å². The first-order valence-corrected chi connectivity index (χ1v) is 37.1. The van der Waals surface area contributed by atoms with Crippen LogP contribution in [0.15, 0.2) is 94.9 Å². The molecule has 0 saturated carbocycles. The van der Waals surface area contributed by atoms with Crippen molar-refractivity contribution < 1.29 is 82.4 Å². The summed E-state index contributed by atoms with van der Waals surface area (Å²) < 4.78 is 0. The van der Waals surface area contributed by atoms with Crippen LogP contribution in [-0.2, 0) is 86.4 Å². The molecule has 3 rings (SSSR count). The Labute approximate surface area is 650 Å². The number of phenols is 1. The number of unbranched alkanes of at least 4 members (excludes halogenated alkanes) is 1. The topological polar surface area (TPSA) is 651 Å². The number of carboxylic acid groups (broad SMARTS) is 1. The maximum Gasteiger partial charge on any atom is 0.328 e. The van der Waals surface area contributed by atoms with Gasteiger partial charge in [0, 0.05) is 32.4 Å². The van der Waals surface area contributed by atoms with Crippen molar-refractivity contribution in [3.63, 3.8) is 0 Å². The largest absolute Gasteiger partial charge is 0.508 e. The zero-order valence-corrected chi connectivity index (χ0v) is 64.5. The van der Waals surface area contributed by atoms with Gasteiger partial charge in [-0.25, -0.2) is 4.79 Å². The molecule has 0 aromatic heterocycles. The summed E-state index contributed by atoms with van der Waals surface area (Å²) in [5, 5.41) is 60.0.